The van der Waals surface area contributed by atoms with Crippen LogP contribution in [-0.4, -0.2) is 24.5 Å². The summed E-state index contributed by atoms with van der Waals surface area (Å²) in [6, 6.07) is 7.43. The molecule has 0 aliphatic rings. The van der Waals surface area contributed by atoms with Gasteiger partial charge in [-0.15, -0.1) is 0 Å². The van der Waals surface area contributed by atoms with Gasteiger partial charge in [0.25, 0.3) is 11.6 Å². The Morgan fingerprint density at radius 2 is 2.04 bits per heavy atom. The van der Waals surface area contributed by atoms with Crippen LogP contribution in [0.5, 0.6) is 11.5 Å². The van der Waals surface area contributed by atoms with Crippen molar-refractivity contribution < 1.29 is 23.6 Å². The number of benzene rings is 2. The molecule has 0 unspecified atom stereocenters. The first-order valence-electron chi connectivity index (χ1n) is 6.61. The summed E-state index contributed by atoms with van der Waals surface area (Å²) < 4.78 is 23.8. The molecule has 0 bridgehead atoms. The van der Waals surface area contributed by atoms with Crippen LogP contribution in [0.2, 0.25) is 5.02 Å². The number of nitro groups is 1. The number of rotatable bonds is 6. The van der Waals surface area contributed by atoms with Crippen LogP contribution in [0.1, 0.15) is 0 Å². The molecule has 24 heavy (non-hydrogen) atoms. The topological polar surface area (TPSA) is 90.7 Å². The highest BCUT2D eigenvalue weighted by Crippen LogP contribution is 2.31. The quantitative estimate of drug-likeness (QED) is 0.634. The van der Waals surface area contributed by atoms with Gasteiger partial charge in [-0.3, -0.25) is 14.9 Å². The lowest BCUT2D eigenvalue weighted by Gasteiger charge is -2.11. The van der Waals surface area contributed by atoms with Gasteiger partial charge < -0.3 is 14.8 Å². The lowest BCUT2D eigenvalue weighted by atomic mass is 10.3. The van der Waals surface area contributed by atoms with E-state index in [4.69, 9.17) is 21.1 Å². The van der Waals surface area contributed by atoms with E-state index in [1.807, 2.05) is 0 Å². The zero-order valence-electron chi connectivity index (χ0n) is 12.4. The number of amides is 1. The molecule has 9 heteroatoms. The van der Waals surface area contributed by atoms with Crippen molar-refractivity contribution in [3.63, 3.8) is 0 Å². The second kappa shape index (κ2) is 7.60. The third-order valence-electron chi connectivity index (χ3n) is 2.92. The lowest BCUT2D eigenvalue weighted by molar-refractivity contribution is -0.385. The molecule has 0 saturated carbocycles. The first-order valence-corrected chi connectivity index (χ1v) is 6.98. The minimum absolute atomic E-state index is 0.0217. The summed E-state index contributed by atoms with van der Waals surface area (Å²) in [4.78, 5) is 22.0. The molecule has 0 radical (unpaired) electrons. The van der Waals surface area contributed by atoms with Gasteiger partial charge in [0.05, 0.1) is 23.8 Å². The molecule has 2 aromatic rings. The number of nitro benzene ring substituents is 1. The minimum Gasteiger partial charge on any atom is -0.493 e. The fourth-order valence-corrected chi connectivity index (χ4v) is 1.99. The van der Waals surface area contributed by atoms with Gasteiger partial charge in [-0.25, -0.2) is 4.39 Å². The molecule has 0 fully saturated rings. The molecule has 2 aromatic carbocycles. The monoisotopic (exact) mass is 354 g/mol. The summed E-state index contributed by atoms with van der Waals surface area (Å²) in [5, 5.41) is 13.3. The number of hydrogen-bond acceptors (Lipinski definition) is 5. The Balaban J connectivity index is 2.07. The molecule has 0 atom stereocenters. The van der Waals surface area contributed by atoms with E-state index in [-0.39, 0.29) is 27.9 Å². The number of halogens is 2. The van der Waals surface area contributed by atoms with Crippen LogP contribution in [0, 0.1) is 15.9 Å². The number of hydrogen-bond donors (Lipinski definition) is 1. The first-order chi connectivity index (χ1) is 11.4. The second-order valence-corrected chi connectivity index (χ2v) is 4.99. The molecule has 0 saturated heterocycles. The fourth-order valence-electron chi connectivity index (χ4n) is 1.81. The van der Waals surface area contributed by atoms with Crippen molar-refractivity contribution in [2.24, 2.45) is 0 Å². The molecule has 0 heterocycles. The summed E-state index contributed by atoms with van der Waals surface area (Å²) in [7, 11) is 1.36. The highest BCUT2D eigenvalue weighted by atomic mass is 35.5. The number of nitrogens with zero attached hydrogens (tertiary/aromatic N) is 1. The summed E-state index contributed by atoms with van der Waals surface area (Å²) in [5.74, 6) is -1.07. The standard InChI is InChI=1S/C15H12ClFN2O5/c1-23-13-5-3-10(19(21)22)7-14(13)24-8-15(20)18-12-6-9(16)2-4-11(12)17/h2-7H,8H2,1H3,(H,18,20). The van der Waals surface area contributed by atoms with Crippen LogP contribution < -0.4 is 14.8 Å². The summed E-state index contributed by atoms with van der Waals surface area (Å²) in [6.07, 6.45) is 0. The van der Waals surface area contributed by atoms with Gasteiger partial charge in [-0.2, -0.15) is 0 Å². The second-order valence-electron chi connectivity index (χ2n) is 4.55. The van der Waals surface area contributed by atoms with Crippen molar-refractivity contribution in [3.8, 4) is 11.5 Å². The number of carbonyl (C=O) groups is 1. The Morgan fingerprint density at radius 1 is 1.29 bits per heavy atom. The van der Waals surface area contributed by atoms with Crippen LogP contribution in [0.4, 0.5) is 15.8 Å². The van der Waals surface area contributed by atoms with Crippen molar-refractivity contribution in [1.82, 2.24) is 0 Å². The number of carbonyl (C=O) groups excluding carboxylic acids is 1. The van der Waals surface area contributed by atoms with Crippen molar-refractivity contribution in [3.05, 3.63) is 57.4 Å². The molecule has 0 aliphatic carbocycles. The molecule has 0 spiro atoms. The fraction of sp³-hybridized carbons (Fsp3) is 0.133. The minimum atomic E-state index is -0.662. The number of anilines is 1. The van der Waals surface area contributed by atoms with E-state index in [0.717, 1.165) is 12.1 Å². The van der Waals surface area contributed by atoms with Crippen LogP contribution in [0.3, 0.4) is 0 Å². The van der Waals surface area contributed by atoms with Gasteiger partial charge in [0, 0.05) is 11.1 Å². The Hall–Kier alpha value is -2.87. The Kier molecular flexibility index (Phi) is 5.54. The lowest BCUT2D eigenvalue weighted by Crippen LogP contribution is -2.21. The number of non-ortho nitro benzene ring substituents is 1. The molecule has 0 aromatic heterocycles. The molecular formula is C15H12ClFN2O5. The average Bonchev–Trinajstić information content (AvgIpc) is 2.56. The molecule has 7 nitrogen and oxygen atoms in total. The zero-order valence-corrected chi connectivity index (χ0v) is 13.2. The highest BCUT2D eigenvalue weighted by molar-refractivity contribution is 6.30. The summed E-state index contributed by atoms with van der Waals surface area (Å²) in [6.45, 7) is -0.497. The Bertz CT molecular complexity index is 784. The Labute approximate surface area is 141 Å². The van der Waals surface area contributed by atoms with Crippen LogP contribution >= 0.6 is 11.6 Å². The Morgan fingerprint density at radius 3 is 2.71 bits per heavy atom. The zero-order chi connectivity index (χ0) is 17.7. The third-order valence-corrected chi connectivity index (χ3v) is 3.15. The number of ether oxygens (including phenoxy) is 2. The molecule has 1 amide bonds. The SMILES string of the molecule is COc1ccc([N+](=O)[O-])cc1OCC(=O)Nc1cc(Cl)ccc1F. The third kappa shape index (κ3) is 4.32. The molecular weight excluding hydrogens is 343 g/mol. The summed E-state index contributed by atoms with van der Waals surface area (Å²) in [5.41, 5.74) is -0.311. The van der Waals surface area contributed by atoms with Gasteiger partial charge in [-0.1, -0.05) is 11.6 Å². The first kappa shape index (κ1) is 17.5. The van der Waals surface area contributed by atoms with Gasteiger partial charge in [0.15, 0.2) is 18.1 Å². The number of nitrogens with one attached hydrogen (secondary N) is 1. The van der Waals surface area contributed by atoms with E-state index in [9.17, 15) is 19.3 Å². The van der Waals surface area contributed by atoms with Gasteiger partial charge in [0.2, 0.25) is 0 Å². The largest absolute Gasteiger partial charge is 0.493 e. The predicted molar refractivity (Wildman–Crippen MR) is 85.2 cm³/mol. The molecule has 126 valence electrons. The normalized spacial score (nSPS) is 10.1. The van der Waals surface area contributed by atoms with E-state index in [1.54, 1.807) is 0 Å². The summed E-state index contributed by atoms with van der Waals surface area (Å²) >= 11 is 5.73. The van der Waals surface area contributed by atoms with Crippen molar-refractivity contribution in [1.29, 1.82) is 0 Å². The van der Waals surface area contributed by atoms with Crippen molar-refractivity contribution in [2.45, 2.75) is 0 Å². The van der Waals surface area contributed by atoms with Crippen molar-refractivity contribution in [2.75, 3.05) is 19.0 Å². The van der Waals surface area contributed by atoms with Crippen LogP contribution in [0.25, 0.3) is 0 Å². The maximum atomic E-state index is 13.5. The maximum absolute atomic E-state index is 13.5. The van der Waals surface area contributed by atoms with E-state index in [1.165, 1.54) is 31.4 Å². The van der Waals surface area contributed by atoms with E-state index < -0.39 is 23.3 Å². The van der Waals surface area contributed by atoms with Gasteiger partial charge in [-0.05, 0) is 24.3 Å². The number of methoxy groups -OCH3 is 1. The van der Waals surface area contributed by atoms with Crippen molar-refractivity contribution >= 4 is 28.9 Å². The molecule has 1 N–H and O–H groups in total. The maximum Gasteiger partial charge on any atom is 0.273 e. The van der Waals surface area contributed by atoms with Crippen LogP contribution in [0.15, 0.2) is 36.4 Å². The smallest absolute Gasteiger partial charge is 0.273 e. The van der Waals surface area contributed by atoms with E-state index >= 15 is 0 Å². The van der Waals surface area contributed by atoms with Gasteiger partial charge >= 0.3 is 0 Å². The molecule has 2 rings (SSSR count). The predicted octanol–water partition coefficient (Wildman–Crippen LogP) is 3.41. The van der Waals surface area contributed by atoms with E-state index in [0.29, 0.717) is 0 Å². The highest BCUT2D eigenvalue weighted by Gasteiger charge is 2.14. The van der Waals surface area contributed by atoms with Crippen LogP contribution in [-0.2, 0) is 4.79 Å². The van der Waals surface area contributed by atoms with Gasteiger partial charge in [0.1, 0.15) is 5.82 Å². The average molecular weight is 355 g/mol. The van der Waals surface area contributed by atoms with E-state index in [2.05, 4.69) is 5.32 Å². The molecule has 0 aliphatic heterocycles.